The van der Waals surface area contributed by atoms with E-state index in [4.69, 9.17) is 0 Å². The van der Waals surface area contributed by atoms with Crippen LogP contribution in [-0.4, -0.2) is 0 Å². The van der Waals surface area contributed by atoms with E-state index in [9.17, 15) is 0 Å². The molecule has 0 heterocycles. The zero-order valence-corrected chi connectivity index (χ0v) is 11.8. The van der Waals surface area contributed by atoms with Crippen LogP contribution >= 0.6 is 0 Å². The molecule has 1 fully saturated rings. The molecule has 1 aliphatic rings. The lowest BCUT2D eigenvalue weighted by Gasteiger charge is -2.20. The molecule has 1 aromatic carbocycles. The van der Waals surface area contributed by atoms with Gasteiger partial charge >= 0.3 is 0 Å². The first kappa shape index (κ1) is 14.0. The molecule has 0 heteroatoms. The molecule has 2 rings (SSSR count). The van der Waals surface area contributed by atoms with Crippen LogP contribution in [0.4, 0.5) is 0 Å². The molecule has 0 aromatic heterocycles. The van der Waals surface area contributed by atoms with Gasteiger partial charge in [0.05, 0.1) is 0 Å². The third kappa shape index (κ3) is 4.77. The number of aryl methyl sites for hydroxylation is 1. The van der Waals surface area contributed by atoms with Crippen molar-refractivity contribution in [3.8, 4) is 0 Å². The van der Waals surface area contributed by atoms with Crippen LogP contribution in [0.25, 0.3) is 6.08 Å². The standard InChI is InChI=1S/C15H20.C2H6/c1-12-6-8-14(9-7-12)11-15-5-3-4-13(2)10-15;1-2/h6-9,11,13H,3-5,10H2,1-2H3;1-2H3/b15-11+;. The number of hydrogen-bond acceptors (Lipinski definition) is 0. The van der Waals surface area contributed by atoms with Crippen LogP contribution in [0.15, 0.2) is 29.8 Å². The van der Waals surface area contributed by atoms with E-state index < -0.39 is 0 Å². The minimum absolute atomic E-state index is 0.885. The zero-order valence-electron chi connectivity index (χ0n) is 11.8. The SMILES string of the molecule is CC.Cc1ccc(/C=C2\CCCC(C)C2)cc1. The maximum atomic E-state index is 2.38. The molecule has 94 valence electrons. The summed E-state index contributed by atoms with van der Waals surface area (Å²) in [5.41, 5.74) is 4.34. The summed E-state index contributed by atoms with van der Waals surface area (Å²) in [6, 6.07) is 8.83. The van der Waals surface area contributed by atoms with E-state index in [1.165, 1.54) is 36.8 Å². The minimum atomic E-state index is 0.885. The van der Waals surface area contributed by atoms with Gasteiger partial charge in [-0.25, -0.2) is 0 Å². The highest BCUT2D eigenvalue weighted by Gasteiger charge is 2.12. The van der Waals surface area contributed by atoms with Gasteiger partial charge in [0.2, 0.25) is 0 Å². The van der Waals surface area contributed by atoms with Crippen LogP contribution < -0.4 is 0 Å². The van der Waals surface area contributed by atoms with Crippen LogP contribution in [0.5, 0.6) is 0 Å². The molecule has 0 nitrogen and oxygen atoms in total. The molecule has 0 aliphatic heterocycles. The topological polar surface area (TPSA) is 0 Å². The maximum Gasteiger partial charge on any atom is -0.0257 e. The van der Waals surface area contributed by atoms with Crippen LogP contribution in [0.1, 0.15) is 57.6 Å². The molecule has 0 radical (unpaired) electrons. The average Bonchev–Trinajstić information content (AvgIpc) is 2.35. The Balaban J connectivity index is 0.000000686. The van der Waals surface area contributed by atoms with Crippen LogP contribution in [-0.2, 0) is 0 Å². The molecule has 17 heavy (non-hydrogen) atoms. The highest BCUT2D eigenvalue weighted by molar-refractivity contribution is 5.53. The van der Waals surface area contributed by atoms with Gasteiger partial charge in [0.1, 0.15) is 0 Å². The van der Waals surface area contributed by atoms with E-state index >= 15 is 0 Å². The predicted octanol–water partition coefficient (Wildman–Crippen LogP) is 5.61. The normalized spacial score (nSPS) is 21.9. The van der Waals surface area contributed by atoms with E-state index in [-0.39, 0.29) is 0 Å². The van der Waals surface area contributed by atoms with Crippen molar-refractivity contribution in [2.24, 2.45) is 5.92 Å². The van der Waals surface area contributed by atoms with Crippen molar-refractivity contribution in [3.05, 3.63) is 41.0 Å². The first-order valence-corrected chi connectivity index (χ1v) is 7.00. The van der Waals surface area contributed by atoms with Crippen molar-refractivity contribution >= 4 is 6.08 Å². The second-order valence-electron chi connectivity index (χ2n) is 4.91. The van der Waals surface area contributed by atoms with E-state index in [2.05, 4.69) is 44.2 Å². The largest absolute Gasteiger partial charge is 0.0694 e. The summed E-state index contributed by atoms with van der Waals surface area (Å²) in [5.74, 6) is 0.885. The number of hydrogen-bond donors (Lipinski definition) is 0. The molecular weight excluding hydrogens is 204 g/mol. The summed E-state index contributed by atoms with van der Waals surface area (Å²) >= 11 is 0. The molecule has 1 atom stereocenters. The van der Waals surface area contributed by atoms with Crippen molar-refractivity contribution in [1.29, 1.82) is 0 Å². The van der Waals surface area contributed by atoms with Gasteiger partial charge in [-0.2, -0.15) is 0 Å². The Morgan fingerprint density at radius 3 is 2.35 bits per heavy atom. The lowest BCUT2D eigenvalue weighted by Crippen LogP contribution is -2.03. The molecule has 0 bridgehead atoms. The molecule has 0 spiro atoms. The Labute approximate surface area is 107 Å². The van der Waals surface area contributed by atoms with E-state index in [1.807, 2.05) is 13.8 Å². The summed E-state index contributed by atoms with van der Waals surface area (Å²) < 4.78 is 0. The summed E-state index contributed by atoms with van der Waals surface area (Å²) in [5, 5.41) is 0. The van der Waals surface area contributed by atoms with Gasteiger partial charge in [0.15, 0.2) is 0 Å². The first-order valence-electron chi connectivity index (χ1n) is 7.00. The van der Waals surface area contributed by atoms with Gasteiger partial charge in [-0.05, 0) is 37.7 Å². The quantitative estimate of drug-likeness (QED) is 0.588. The highest BCUT2D eigenvalue weighted by Crippen LogP contribution is 2.29. The average molecular weight is 230 g/mol. The Kier molecular flexibility index (Phi) is 6.04. The van der Waals surface area contributed by atoms with Gasteiger partial charge in [-0.3, -0.25) is 0 Å². The van der Waals surface area contributed by atoms with Crippen molar-refractivity contribution in [2.45, 2.75) is 53.4 Å². The molecule has 1 unspecified atom stereocenters. The molecule has 1 aromatic rings. The lowest BCUT2D eigenvalue weighted by molar-refractivity contribution is 0.455. The second-order valence-corrected chi connectivity index (χ2v) is 4.91. The molecule has 0 N–H and O–H groups in total. The molecular formula is C17H26. The number of benzene rings is 1. The Bertz CT molecular complexity index is 343. The Morgan fingerprint density at radius 1 is 1.12 bits per heavy atom. The minimum Gasteiger partial charge on any atom is -0.0694 e. The molecule has 0 amide bonds. The number of allylic oxidation sites excluding steroid dienone is 1. The van der Waals surface area contributed by atoms with Gasteiger partial charge < -0.3 is 0 Å². The fraction of sp³-hybridized carbons (Fsp3) is 0.529. The third-order valence-corrected chi connectivity index (χ3v) is 3.25. The molecule has 1 saturated carbocycles. The highest BCUT2D eigenvalue weighted by atomic mass is 14.2. The summed E-state index contributed by atoms with van der Waals surface area (Å²) in [6.07, 6.45) is 7.77. The van der Waals surface area contributed by atoms with Crippen molar-refractivity contribution in [3.63, 3.8) is 0 Å². The van der Waals surface area contributed by atoms with Crippen molar-refractivity contribution < 1.29 is 0 Å². The summed E-state index contributed by atoms with van der Waals surface area (Å²) in [4.78, 5) is 0. The fourth-order valence-electron chi connectivity index (χ4n) is 2.36. The van der Waals surface area contributed by atoms with Gasteiger partial charge in [-0.15, -0.1) is 0 Å². The predicted molar refractivity (Wildman–Crippen MR) is 78.1 cm³/mol. The summed E-state index contributed by atoms with van der Waals surface area (Å²) in [6.45, 7) is 8.50. The van der Waals surface area contributed by atoms with Crippen LogP contribution in [0.2, 0.25) is 0 Å². The van der Waals surface area contributed by atoms with E-state index in [1.54, 1.807) is 5.57 Å². The van der Waals surface area contributed by atoms with Crippen molar-refractivity contribution in [2.75, 3.05) is 0 Å². The van der Waals surface area contributed by atoms with Crippen LogP contribution in [0, 0.1) is 12.8 Å². The van der Waals surface area contributed by atoms with Gasteiger partial charge in [0, 0.05) is 0 Å². The maximum absolute atomic E-state index is 2.38. The van der Waals surface area contributed by atoms with Crippen molar-refractivity contribution in [1.82, 2.24) is 0 Å². The zero-order chi connectivity index (χ0) is 12.7. The van der Waals surface area contributed by atoms with E-state index in [0.29, 0.717) is 0 Å². The Hall–Kier alpha value is -1.04. The Morgan fingerprint density at radius 2 is 1.76 bits per heavy atom. The lowest BCUT2D eigenvalue weighted by atomic mass is 9.86. The number of rotatable bonds is 1. The molecule has 0 saturated heterocycles. The fourth-order valence-corrected chi connectivity index (χ4v) is 2.36. The smallest absolute Gasteiger partial charge is 0.0257 e. The van der Waals surface area contributed by atoms with Gasteiger partial charge in [-0.1, -0.05) is 68.7 Å². The van der Waals surface area contributed by atoms with Gasteiger partial charge in [0.25, 0.3) is 0 Å². The third-order valence-electron chi connectivity index (χ3n) is 3.25. The van der Waals surface area contributed by atoms with E-state index in [0.717, 1.165) is 5.92 Å². The summed E-state index contributed by atoms with van der Waals surface area (Å²) in [7, 11) is 0. The van der Waals surface area contributed by atoms with Crippen LogP contribution in [0.3, 0.4) is 0 Å². The molecule has 1 aliphatic carbocycles. The second kappa shape index (κ2) is 7.32. The first-order chi connectivity index (χ1) is 8.24. The monoisotopic (exact) mass is 230 g/mol.